The first-order chi connectivity index (χ1) is 16.5. The summed E-state index contributed by atoms with van der Waals surface area (Å²) in [5, 5.41) is 0.0737. The van der Waals surface area contributed by atoms with Gasteiger partial charge in [0.05, 0.1) is 19.1 Å². The van der Waals surface area contributed by atoms with E-state index < -0.39 is 26.4 Å². The summed E-state index contributed by atoms with van der Waals surface area (Å²) in [5.41, 5.74) is 1.81. The first-order valence-electron chi connectivity index (χ1n) is 12.3. The van der Waals surface area contributed by atoms with E-state index in [1.807, 2.05) is 60.7 Å². The Morgan fingerprint density at radius 3 is 2.17 bits per heavy atom. The van der Waals surface area contributed by atoms with Crippen molar-refractivity contribution in [2.75, 3.05) is 20.3 Å². The zero-order valence-corrected chi connectivity index (χ0v) is 22.8. The summed E-state index contributed by atoms with van der Waals surface area (Å²) in [7, 11) is -0.586. The first kappa shape index (κ1) is 27.0. The zero-order valence-electron chi connectivity index (χ0n) is 21.8. The van der Waals surface area contributed by atoms with Gasteiger partial charge in [-0.3, -0.25) is 9.69 Å². The Morgan fingerprint density at radius 1 is 1.00 bits per heavy atom. The third-order valence-corrected chi connectivity index (χ3v) is 11.8. The van der Waals surface area contributed by atoms with Crippen LogP contribution >= 0.6 is 0 Å². The van der Waals surface area contributed by atoms with Crippen molar-refractivity contribution in [1.82, 2.24) is 4.90 Å². The normalized spacial score (nSPS) is 20.9. The number of hydrogen-bond donors (Lipinski definition) is 0. The van der Waals surface area contributed by atoms with Gasteiger partial charge in [-0.2, -0.15) is 0 Å². The molecule has 1 amide bonds. The molecule has 0 aliphatic carbocycles. The van der Waals surface area contributed by atoms with Crippen molar-refractivity contribution in [1.29, 1.82) is 0 Å². The number of carbonyl (C=O) groups is 2. The minimum Gasteiger partial charge on any atom is -0.469 e. The van der Waals surface area contributed by atoms with Crippen LogP contribution in [0.4, 0.5) is 4.79 Å². The fourth-order valence-corrected chi connectivity index (χ4v) is 5.35. The van der Waals surface area contributed by atoms with Crippen LogP contribution in [0.1, 0.15) is 44.4 Å². The number of carbonyl (C=O) groups excluding carboxylic acids is 2. The lowest BCUT2D eigenvalue weighted by Gasteiger charge is -2.44. The van der Waals surface area contributed by atoms with E-state index in [9.17, 15) is 9.59 Å². The largest absolute Gasteiger partial charge is 0.469 e. The third kappa shape index (κ3) is 6.73. The summed E-state index contributed by atoms with van der Waals surface area (Å²) in [6.45, 7) is 12.2. The molecule has 190 valence electrons. The van der Waals surface area contributed by atoms with Crippen LogP contribution in [0.25, 0.3) is 0 Å². The second kappa shape index (κ2) is 11.4. The second-order valence-corrected chi connectivity index (χ2v) is 15.7. The number of benzene rings is 2. The number of methoxy groups -OCH3 is 1. The number of ether oxygens (including phenoxy) is 2. The summed E-state index contributed by atoms with van der Waals surface area (Å²) < 4.78 is 17.4. The van der Waals surface area contributed by atoms with E-state index in [-0.39, 0.29) is 23.5 Å². The molecule has 0 bridgehead atoms. The maximum atomic E-state index is 13.4. The van der Waals surface area contributed by atoms with Gasteiger partial charge in [-0.25, -0.2) is 4.79 Å². The molecule has 0 spiro atoms. The topological polar surface area (TPSA) is 65.1 Å². The molecular weight excluding hydrogens is 458 g/mol. The van der Waals surface area contributed by atoms with E-state index in [0.29, 0.717) is 19.6 Å². The van der Waals surface area contributed by atoms with Crippen molar-refractivity contribution in [3.8, 4) is 0 Å². The summed E-state index contributed by atoms with van der Waals surface area (Å²) in [6, 6.07) is 18.8. The Kier molecular flexibility index (Phi) is 8.78. The van der Waals surface area contributed by atoms with Gasteiger partial charge in [-0.15, -0.1) is 0 Å². The number of hydrogen-bond acceptors (Lipinski definition) is 5. The van der Waals surface area contributed by atoms with Crippen LogP contribution < -0.4 is 0 Å². The minimum absolute atomic E-state index is 0.00235. The predicted octanol–water partition coefficient (Wildman–Crippen LogP) is 6.20. The SMILES string of the molecule is COC(=O)[C@H]1C[C@@H](CO[Si](C)(C)C(C)(C)C)CN(C(=O)OCc2ccccc2)[C@H]1c1ccccc1. The monoisotopic (exact) mass is 497 g/mol. The average Bonchev–Trinajstić information content (AvgIpc) is 2.85. The Hall–Kier alpha value is -2.64. The number of nitrogens with zero attached hydrogens (tertiary/aromatic N) is 1. The molecule has 2 aromatic carbocycles. The number of rotatable bonds is 7. The average molecular weight is 498 g/mol. The van der Waals surface area contributed by atoms with Crippen LogP contribution in [-0.4, -0.2) is 45.5 Å². The van der Waals surface area contributed by atoms with Crippen molar-refractivity contribution in [2.45, 2.75) is 58.0 Å². The summed E-state index contributed by atoms with van der Waals surface area (Å²) in [5.74, 6) is -0.831. The van der Waals surface area contributed by atoms with E-state index in [2.05, 4.69) is 33.9 Å². The van der Waals surface area contributed by atoms with Crippen molar-refractivity contribution in [3.63, 3.8) is 0 Å². The van der Waals surface area contributed by atoms with E-state index in [1.54, 1.807) is 4.90 Å². The van der Waals surface area contributed by atoms with E-state index in [4.69, 9.17) is 13.9 Å². The van der Waals surface area contributed by atoms with Crippen molar-refractivity contribution in [2.24, 2.45) is 11.8 Å². The molecule has 0 unspecified atom stereocenters. The minimum atomic E-state index is -1.99. The molecule has 1 heterocycles. The van der Waals surface area contributed by atoms with E-state index in [1.165, 1.54) is 7.11 Å². The zero-order chi connectivity index (χ0) is 25.6. The number of amides is 1. The standard InChI is InChI=1S/C28H39NO5Si/c1-28(2,3)35(5,6)34-20-22-17-24(26(30)32-4)25(23-15-11-8-12-16-23)29(18-22)27(31)33-19-21-13-9-7-10-14-21/h7-16,22,24-25H,17-20H2,1-6H3/t22-,24+,25+/m1/s1. The molecule has 35 heavy (non-hydrogen) atoms. The molecule has 1 saturated heterocycles. The van der Waals surface area contributed by atoms with E-state index in [0.717, 1.165) is 11.1 Å². The second-order valence-electron chi connectivity index (χ2n) is 10.9. The van der Waals surface area contributed by atoms with Gasteiger partial charge in [-0.1, -0.05) is 81.4 Å². The molecule has 3 atom stereocenters. The van der Waals surface area contributed by atoms with Crippen molar-refractivity contribution in [3.05, 3.63) is 71.8 Å². The van der Waals surface area contributed by atoms with Crippen LogP contribution in [0.5, 0.6) is 0 Å². The van der Waals surface area contributed by atoms with Gasteiger partial charge in [0.2, 0.25) is 0 Å². The number of esters is 1. The van der Waals surface area contributed by atoms with Crippen LogP contribution in [0.2, 0.25) is 18.1 Å². The van der Waals surface area contributed by atoms with Crippen LogP contribution in [0, 0.1) is 11.8 Å². The van der Waals surface area contributed by atoms with Crippen molar-refractivity contribution >= 4 is 20.4 Å². The molecule has 1 aliphatic heterocycles. The molecule has 0 N–H and O–H groups in total. The predicted molar refractivity (Wildman–Crippen MR) is 139 cm³/mol. The van der Waals surface area contributed by atoms with Gasteiger partial charge in [0.1, 0.15) is 6.61 Å². The van der Waals surface area contributed by atoms with Crippen LogP contribution in [-0.2, 0) is 25.3 Å². The Morgan fingerprint density at radius 2 is 1.60 bits per heavy atom. The highest BCUT2D eigenvalue weighted by Gasteiger charge is 2.45. The smallest absolute Gasteiger partial charge is 0.410 e. The van der Waals surface area contributed by atoms with Gasteiger partial charge < -0.3 is 13.9 Å². The van der Waals surface area contributed by atoms with Gasteiger partial charge in [0.25, 0.3) is 0 Å². The Balaban J connectivity index is 1.87. The lowest BCUT2D eigenvalue weighted by atomic mass is 9.80. The fraction of sp³-hybridized carbons (Fsp3) is 0.500. The van der Waals surface area contributed by atoms with Crippen molar-refractivity contribution < 1.29 is 23.5 Å². The van der Waals surface area contributed by atoms with Gasteiger partial charge >= 0.3 is 12.1 Å². The van der Waals surface area contributed by atoms with Gasteiger partial charge in [-0.05, 0) is 41.6 Å². The molecule has 0 saturated carbocycles. The fourth-order valence-electron chi connectivity index (χ4n) is 4.26. The Bertz CT molecular complexity index is 974. The molecular formula is C28H39NO5Si. The first-order valence-corrected chi connectivity index (χ1v) is 15.2. The highest BCUT2D eigenvalue weighted by molar-refractivity contribution is 6.74. The lowest BCUT2D eigenvalue weighted by Crippen LogP contribution is -2.51. The number of likely N-dealkylation sites (tertiary alicyclic amines) is 1. The molecule has 1 aliphatic rings. The molecule has 7 heteroatoms. The maximum absolute atomic E-state index is 13.4. The molecule has 3 rings (SSSR count). The highest BCUT2D eigenvalue weighted by Crippen LogP contribution is 2.41. The lowest BCUT2D eigenvalue weighted by molar-refractivity contribution is -0.151. The third-order valence-electron chi connectivity index (χ3n) is 7.33. The highest BCUT2D eigenvalue weighted by atomic mass is 28.4. The van der Waals surface area contributed by atoms with Crippen LogP contribution in [0.15, 0.2) is 60.7 Å². The molecule has 0 aromatic heterocycles. The van der Waals surface area contributed by atoms with Gasteiger partial charge in [0.15, 0.2) is 8.32 Å². The summed E-state index contributed by atoms with van der Waals surface area (Å²) in [6.07, 6.45) is 0.150. The van der Waals surface area contributed by atoms with E-state index >= 15 is 0 Å². The summed E-state index contributed by atoms with van der Waals surface area (Å²) in [4.78, 5) is 28.1. The van der Waals surface area contributed by atoms with Crippen LogP contribution in [0.3, 0.4) is 0 Å². The molecule has 6 nitrogen and oxygen atoms in total. The Labute approximate surface area is 210 Å². The number of piperidine rings is 1. The molecule has 1 fully saturated rings. The maximum Gasteiger partial charge on any atom is 0.410 e. The molecule has 0 radical (unpaired) electrons. The van der Waals surface area contributed by atoms with Gasteiger partial charge in [0, 0.05) is 13.2 Å². The molecule has 2 aromatic rings. The quantitative estimate of drug-likeness (QED) is 0.337. The summed E-state index contributed by atoms with van der Waals surface area (Å²) >= 11 is 0.